The highest BCUT2D eigenvalue weighted by Gasteiger charge is 2.40. The Kier molecular flexibility index (Phi) is 6.90. The number of carbonyl (C=O) groups excluding carboxylic acids is 1. The lowest BCUT2D eigenvalue weighted by molar-refractivity contribution is -0.137. The second-order valence-corrected chi connectivity index (χ2v) is 10.5. The van der Waals surface area contributed by atoms with E-state index in [0.717, 1.165) is 17.8 Å². The number of hydrogen-bond donors (Lipinski definition) is 0. The molecule has 39 heavy (non-hydrogen) atoms. The van der Waals surface area contributed by atoms with Gasteiger partial charge in [-0.2, -0.15) is 18.2 Å². The Morgan fingerprint density at radius 2 is 1.79 bits per heavy atom. The summed E-state index contributed by atoms with van der Waals surface area (Å²) in [7, 11) is 0. The van der Waals surface area contributed by atoms with Crippen LogP contribution in [-0.4, -0.2) is 51.8 Å². The number of thioether (sulfide) groups is 1. The first-order valence-electron chi connectivity index (χ1n) is 12.1. The van der Waals surface area contributed by atoms with E-state index in [4.69, 9.17) is 0 Å². The number of aromatic nitrogens is 2. The van der Waals surface area contributed by atoms with Gasteiger partial charge < -0.3 is 9.80 Å². The molecule has 3 aromatic rings. The number of alkyl halides is 3. The zero-order chi connectivity index (χ0) is 28.2. The van der Waals surface area contributed by atoms with Crippen LogP contribution < -0.4 is 10.6 Å². The molecule has 3 heterocycles. The molecule has 1 fully saturated rings. The molecule has 1 aromatic heterocycles. The molecule has 1 amide bonds. The van der Waals surface area contributed by atoms with Gasteiger partial charge in [-0.15, -0.1) is 11.8 Å². The number of nitrogens with zero attached hydrogens (tertiary/aromatic N) is 4. The van der Waals surface area contributed by atoms with Crippen molar-refractivity contribution in [2.24, 2.45) is 0 Å². The van der Waals surface area contributed by atoms with Gasteiger partial charge in [0.05, 0.1) is 16.6 Å². The third-order valence-electron chi connectivity index (χ3n) is 6.92. The lowest BCUT2D eigenvalue weighted by Gasteiger charge is -2.40. The fraction of sp³-hybridized carbons (Fsp3) is 0.346. The van der Waals surface area contributed by atoms with Gasteiger partial charge >= 0.3 is 11.9 Å². The summed E-state index contributed by atoms with van der Waals surface area (Å²) in [5, 5.41) is -0.00616. The zero-order valence-corrected chi connectivity index (χ0v) is 21.4. The number of halogens is 6. The Morgan fingerprint density at radius 1 is 1.10 bits per heavy atom. The molecule has 0 saturated carbocycles. The Hall–Kier alpha value is -3.48. The fourth-order valence-corrected chi connectivity index (χ4v) is 6.40. The van der Waals surface area contributed by atoms with Crippen molar-refractivity contribution < 1.29 is 31.1 Å². The molecule has 0 bridgehead atoms. The molecule has 0 spiro atoms. The van der Waals surface area contributed by atoms with E-state index in [1.165, 1.54) is 15.5 Å². The Bertz CT molecular complexity index is 1550. The van der Waals surface area contributed by atoms with Crippen LogP contribution in [0.2, 0.25) is 0 Å². The maximum absolute atomic E-state index is 14.9. The number of hydrogen-bond acceptors (Lipinski definition) is 5. The minimum Gasteiger partial charge on any atom is -0.350 e. The molecule has 0 aliphatic carbocycles. The van der Waals surface area contributed by atoms with Crippen molar-refractivity contribution in [3.63, 3.8) is 0 Å². The highest BCUT2D eigenvalue weighted by Crippen LogP contribution is 2.49. The van der Waals surface area contributed by atoms with Crippen LogP contribution in [0.15, 0.2) is 40.5 Å². The van der Waals surface area contributed by atoms with E-state index in [-0.39, 0.29) is 59.5 Å². The van der Waals surface area contributed by atoms with Crippen LogP contribution >= 0.6 is 11.8 Å². The van der Waals surface area contributed by atoms with Crippen molar-refractivity contribution in [3.05, 3.63) is 64.4 Å². The summed E-state index contributed by atoms with van der Waals surface area (Å²) in [4.78, 5) is 32.6. The van der Waals surface area contributed by atoms with E-state index >= 15 is 0 Å². The average molecular weight is 569 g/mol. The lowest BCUT2D eigenvalue weighted by atomic mass is 9.95. The zero-order valence-electron chi connectivity index (χ0n) is 20.6. The van der Waals surface area contributed by atoms with Crippen molar-refractivity contribution in [2.45, 2.75) is 37.0 Å². The Balaban J connectivity index is 1.84. The molecule has 1 saturated heterocycles. The number of amides is 1. The highest BCUT2D eigenvalue weighted by atomic mass is 32.2. The summed E-state index contributed by atoms with van der Waals surface area (Å²) in [6.45, 7) is 5.98. The van der Waals surface area contributed by atoms with Gasteiger partial charge in [-0.25, -0.2) is 18.0 Å². The van der Waals surface area contributed by atoms with Crippen molar-refractivity contribution in [1.29, 1.82) is 0 Å². The van der Waals surface area contributed by atoms with Gasteiger partial charge in [0, 0.05) is 60.2 Å². The Labute approximate surface area is 222 Å². The average Bonchev–Trinajstić information content (AvgIpc) is 3.09. The molecular formula is C26H22F6N4O2S. The van der Waals surface area contributed by atoms with E-state index in [1.54, 1.807) is 11.8 Å². The van der Waals surface area contributed by atoms with Crippen molar-refractivity contribution in [3.8, 4) is 11.1 Å². The number of aryl methyl sites for hydroxylation is 1. The molecule has 1 atom stereocenters. The smallest absolute Gasteiger partial charge is 0.350 e. The predicted molar refractivity (Wildman–Crippen MR) is 135 cm³/mol. The maximum Gasteiger partial charge on any atom is 0.417 e. The van der Waals surface area contributed by atoms with E-state index in [2.05, 4.69) is 11.6 Å². The van der Waals surface area contributed by atoms with Gasteiger partial charge in [0.15, 0.2) is 0 Å². The number of piperazine rings is 1. The summed E-state index contributed by atoms with van der Waals surface area (Å²) < 4.78 is 88.5. The quantitative estimate of drug-likeness (QED) is 0.321. The Morgan fingerprint density at radius 3 is 2.41 bits per heavy atom. The minimum atomic E-state index is -5.06. The van der Waals surface area contributed by atoms with Gasteiger partial charge in [-0.05, 0) is 31.2 Å². The molecule has 6 nitrogen and oxygen atoms in total. The molecule has 5 rings (SSSR count). The van der Waals surface area contributed by atoms with Crippen LogP contribution in [0.1, 0.15) is 18.9 Å². The number of benzene rings is 2. The first-order chi connectivity index (χ1) is 18.4. The molecule has 0 radical (unpaired) electrons. The molecular weight excluding hydrogens is 546 g/mol. The summed E-state index contributed by atoms with van der Waals surface area (Å²) in [6.07, 6.45) is -3.50. The topological polar surface area (TPSA) is 58.4 Å². The second kappa shape index (κ2) is 9.92. The highest BCUT2D eigenvalue weighted by molar-refractivity contribution is 7.99. The van der Waals surface area contributed by atoms with E-state index in [1.807, 2.05) is 0 Å². The van der Waals surface area contributed by atoms with Crippen LogP contribution in [0.5, 0.6) is 0 Å². The predicted octanol–water partition coefficient (Wildman–Crippen LogP) is 5.22. The van der Waals surface area contributed by atoms with Crippen molar-refractivity contribution in [2.75, 3.05) is 30.3 Å². The third kappa shape index (κ3) is 4.66. The number of rotatable bonds is 3. The van der Waals surface area contributed by atoms with Crippen LogP contribution in [0.3, 0.4) is 0 Å². The largest absolute Gasteiger partial charge is 0.417 e. The fourth-order valence-electron chi connectivity index (χ4n) is 5.21. The molecule has 206 valence electrons. The summed E-state index contributed by atoms with van der Waals surface area (Å²) in [6, 6.07) is 0.992. The van der Waals surface area contributed by atoms with E-state index < -0.39 is 52.0 Å². The van der Waals surface area contributed by atoms with Crippen molar-refractivity contribution >= 4 is 34.4 Å². The van der Waals surface area contributed by atoms with Crippen molar-refractivity contribution in [1.82, 2.24) is 14.5 Å². The molecule has 13 heteroatoms. The van der Waals surface area contributed by atoms with Crippen LogP contribution in [-0.2, 0) is 17.5 Å². The minimum absolute atomic E-state index is 0.00616. The van der Waals surface area contributed by atoms with Crippen LogP contribution in [0.4, 0.5) is 32.2 Å². The standard InChI is InChI=1S/C26H22F6N4O2S/c1-3-19(37)34-6-7-35(13(2)12-34)24-15-11-16(26(30,31)32)20(21-17(28)9-14(27)10-18(21)29)23-22(15)36(25(38)33-24)5-4-8-39-23/h3,9-11,13H,1,4-8,12H2,2H3/t13-/m0/s1. The van der Waals surface area contributed by atoms with Gasteiger partial charge in [0.1, 0.15) is 23.3 Å². The first-order valence-corrected chi connectivity index (χ1v) is 13.0. The number of anilines is 1. The van der Waals surface area contributed by atoms with Gasteiger partial charge in [0.2, 0.25) is 5.91 Å². The number of carbonyl (C=O) groups is 1. The molecule has 2 aliphatic heterocycles. The SMILES string of the molecule is C=CC(=O)N1CCN(c2nc(=O)n3c4c(c(-c5c(F)cc(F)cc5F)c(C(F)(F)F)cc24)SCCC3)[C@@H](C)C1. The lowest BCUT2D eigenvalue weighted by Crippen LogP contribution is -2.54. The third-order valence-corrected chi connectivity index (χ3v) is 8.10. The molecule has 2 aromatic carbocycles. The van der Waals surface area contributed by atoms with Gasteiger partial charge in [-0.1, -0.05) is 6.58 Å². The molecule has 2 aliphatic rings. The second-order valence-electron chi connectivity index (χ2n) is 9.37. The van der Waals surface area contributed by atoms with Gasteiger partial charge in [-0.3, -0.25) is 9.36 Å². The van der Waals surface area contributed by atoms with E-state index in [9.17, 15) is 35.9 Å². The van der Waals surface area contributed by atoms with Crippen LogP contribution in [0.25, 0.3) is 22.0 Å². The first kappa shape index (κ1) is 27.1. The normalized spacial score (nSPS) is 17.9. The summed E-state index contributed by atoms with van der Waals surface area (Å²) in [5.41, 5.74) is -3.77. The molecule has 0 unspecified atom stereocenters. The van der Waals surface area contributed by atoms with Gasteiger partial charge in [0.25, 0.3) is 0 Å². The molecule has 0 N–H and O–H groups in total. The summed E-state index contributed by atoms with van der Waals surface area (Å²) >= 11 is 0.950. The monoisotopic (exact) mass is 568 g/mol. The van der Waals surface area contributed by atoms with E-state index in [0.29, 0.717) is 18.6 Å². The van der Waals surface area contributed by atoms with Crippen LogP contribution in [0, 0.1) is 17.5 Å². The summed E-state index contributed by atoms with van der Waals surface area (Å²) in [5.74, 6) is -4.29. The maximum atomic E-state index is 14.9.